The van der Waals surface area contributed by atoms with Gasteiger partial charge in [-0.05, 0) is 112 Å². The summed E-state index contributed by atoms with van der Waals surface area (Å²) >= 11 is 0. The van der Waals surface area contributed by atoms with E-state index >= 15 is 8.78 Å². The average molecular weight is 565 g/mol. The molecule has 1 fully saturated rings. The molecular weight excluding hydrogens is 511 g/mol. The molecule has 1 aromatic carbocycles. The van der Waals surface area contributed by atoms with E-state index in [0.29, 0.717) is 24.0 Å². The average Bonchev–Trinajstić information content (AvgIpc) is 2.86. The van der Waals surface area contributed by atoms with Crippen LogP contribution in [0, 0.1) is 35.3 Å². The summed E-state index contributed by atoms with van der Waals surface area (Å²) in [6.07, 6.45) is 14.4. The van der Waals surface area contributed by atoms with Crippen LogP contribution >= 0.6 is 0 Å². The van der Waals surface area contributed by atoms with Gasteiger partial charge in [-0.2, -0.15) is 4.39 Å². The first kappa shape index (κ1) is 31.5. The molecule has 216 valence electrons. The molecule has 0 spiro atoms. The minimum absolute atomic E-state index is 0.0188. The van der Waals surface area contributed by atoms with Crippen LogP contribution in [0.3, 0.4) is 0 Å². The zero-order valence-corrected chi connectivity index (χ0v) is 27.3. The first-order chi connectivity index (χ1) is 17.9. The maximum absolute atomic E-state index is 15.1. The molecule has 0 aliphatic heterocycles. The Morgan fingerprint density at radius 3 is 2.24 bits per heavy atom. The number of hydrogen-bond acceptors (Lipinski definition) is 2. The fourth-order valence-electron chi connectivity index (χ4n) is 7.01. The molecule has 2 atom stereocenters. The fraction of sp³-hybridized carbons (Fsp3) is 0.750. The van der Waals surface area contributed by atoms with Crippen LogP contribution in [-0.2, 0) is 4.12 Å². The Balaban J connectivity index is 1.53. The number of rotatable bonds is 13. The monoisotopic (exact) mass is 564 g/mol. The highest BCUT2D eigenvalue weighted by Crippen LogP contribution is 2.43. The predicted molar refractivity (Wildman–Crippen MR) is 163 cm³/mol. The smallest absolute Gasteiger partial charge is 0.201 e. The standard InChI is InChI=1S/C32H54F2O2Si2/c1-8-10-25-11-13-26(14-12-25)27-15-17-28(18-16-27)29-19-20-30(32(34)31(29)33)35-21-22-37(4,5)36-38(6,7)23-24(3)9-2/h17,19-20,24-27H,8-16,18,21-23H2,1-7H3. The Morgan fingerprint density at radius 1 is 0.921 bits per heavy atom. The van der Waals surface area contributed by atoms with Crippen molar-refractivity contribution in [2.75, 3.05) is 6.61 Å². The maximum atomic E-state index is 15.1. The van der Waals surface area contributed by atoms with E-state index in [1.165, 1.54) is 44.9 Å². The zero-order chi connectivity index (χ0) is 27.9. The van der Waals surface area contributed by atoms with Crippen LogP contribution in [0.1, 0.15) is 90.5 Å². The highest BCUT2D eigenvalue weighted by molar-refractivity contribution is 6.84. The van der Waals surface area contributed by atoms with Crippen molar-refractivity contribution in [2.24, 2.45) is 23.7 Å². The molecular formula is C32H54F2O2Si2. The summed E-state index contributed by atoms with van der Waals surface area (Å²) in [4.78, 5) is 0. The molecule has 0 bridgehead atoms. The van der Waals surface area contributed by atoms with Gasteiger partial charge >= 0.3 is 0 Å². The van der Waals surface area contributed by atoms with Crippen molar-refractivity contribution < 1.29 is 17.6 Å². The second-order valence-electron chi connectivity index (χ2n) is 13.5. The molecule has 3 rings (SSSR count). The second kappa shape index (κ2) is 14.1. The number of halogens is 2. The Kier molecular flexibility index (Phi) is 11.7. The Morgan fingerprint density at radius 2 is 1.63 bits per heavy atom. The normalized spacial score (nSPS) is 23.7. The molecule has 6 heteroatoms. The van der Waals surface area contributed by atoms with Gasteiger partial charge < -0.3 is 8.85 Å². The summed E-state index contributed by atoms with van der Waals surface area (Å²) in [7, 11) is -3.71. The van der Waals surface area contributed by atoms with Crippen molar-refractivity contribution in [1.29, 1.82) is 0 Å². The van der Waals surface area contributed by atoms with E-state index in [2.05, 4.69) is 53.0 Å². The topological polar surface area (TPSA) is 18.5 Å². The van der Waals surface area contributed by atoms with E-state index in [9.17, 15) is 0 Å². The molecule has 1 aromatic rings. The largest absolute Gasteiger partial charge is 0.491 e. The van der Waals surface area contributed by atoms with Gasteiger partial charge in [-0.3, -0.25) is 0 Å². The van der Waals surface area contributed by atoms with E-state index in [-0.39, 0.29) is 5.75 Å². The molecule has 0 N–H and O–H groups in total. The van der Waals surface area contributed by atoms with Crippen LogP contribution in [0.5, 0.6) is 5.75 Å². The van der Waals surface area contributed by atoms with Crippen molar-refractivity contribution in [3.8, 4) is 5.75 Å². The first-order valence-electron chi connectivity index (χ1n) is 15.4. The molecule has 38 heavy (non-hydrogen) atoms. The second-order valence-corrected chi connectivity index (χ2v) is 22.3. The lowest BCUT2D eigenvalue weighted by Gasteiger charge is -2.35. The number of allylic oxidation sites excluding steroid dienone is 2. The number of ether oxygens (including phenoxy) is 1. The molecule has 0 amide bonds. The van der Waals surface area contributed by atoms with E-state index in [1.54, 1.807) is 12.1 Å². The van der Waals surface area contributed by atoms with Gasteiger partial charge in [0, 0.05) is 5.56 Å². The van der Waals surface area contributed by atoms with Crippen LogP contribution in [0.2, 0.25) is 38.3 Å². The summed E-state index contributed by atoms with van der Waals surface area (Å²) in [5, 5.41) is 0. The molecule has 0 radical (unpaired) electrons. The van der Waals surface area contributed by atoms with E-state index in [0.717, 1.165) is 48.8 Å². The Bertz CT molecular complexity index is 922. The van der Waals surface area contributed by atoms with E-state index < -0.39 is 28.3 Å². The van der Waals surface area contributed by atoms with Gasteiger partial charge in [-0.15, -0.1) is 0 Å². The van der Waals surface area contributed by atoms with E-state index in [4.69, 9.17) is 8.85 Å². The predicted octanol–water partition coefficient (Wildman–Crippen LogP) is 10.6. The minimum Gasteiger partial charge on any atom is -0.491 e. The molecule has 2 unspecified atom stereocenters. The number of benzene rings is 1. The van der Waals surface area contributed by atoms with Crippen LogP contribution in [-0.4, -0.2) is 23.2 Å². The van der Waals surface area contributed by atoms with Gasteiger partial charge in [0.25, 0.3) is 0 Å². The summed E-state index contributed by atoms with van der Waals surface area (Å²) in [6, 6.07) is 5.25. The van der Waals surface area contributed by atoms with Gasteiger partial charge in [0.2, 0.25) is 5.82 Å². The van der Waals surface area contributed by atoms with Gasteiger partial charge in [0.15, 0.2) is 28.2 Å². The lowest BCUT2D eigenvalue weighted by atomic mass is 9.70. The van der Waals surface area contributed by atoms with Crippen molar-refractivity contribution in [3.05, 3.63) is 35.4 Å². The minimum atomic E-state index is -1.96. The maximum Gasteiger partial charge on any atom is 0.201 e. The van der Waals surface area contributed by atoms with Crippen molar-refractivity contribution in [1.82, 2.24) is 0 Å². The van der Waals surface area contributed by atoms with Gasteiger partial charge in [-0.1, -0.05) is 59.0 Å². The highest BCUT2D eigenvalue weighted by Gasteiger charge is 2.34. The highest BCUT2D eigenvalue weighted by atomic mass is 28.4. The summed E-state index contributed by atoms with van der Waals surface area (Å²) < 4.78 is 42.6. The van der Waals surface area contributed by atoms with Crippen LogP contribution in [0.4, 0.5) is 8.78 Å². The third-order valence-electron chi connectivity index (χ3n) is 9.15. The lowest BCUT2D eigenvalue weighted by Crippen LogP contribution is -2.45. The van der Waals surface area contributed by atoms with Crippen molar-refractivity contribution >= 4 is 22.2 Å². The molecule has 2 aliphatic carbocycles. The molecule has 1 saturated carbocycles. The Labute approximate surface area is 234 Å². The first-order valence-corrected chi connectivity index (χ1v) is 21.7. The van der Waals surface area contributed by atoms with Gasteiger partial charge in [0.05, 0.1) is 6.61 Å². The molecule has 2 nitrogen and oxygen atoms in total. The summed E-state index contributed by atoms with van der Waals surface area (Å²) in [5.41, 5.74) is 1.37. The molecule has 0 saturated heterocycles. The van der Waals surface area contributed by atoms with Gasteiger partial charge in [0.1, 0.15) is 0 Å². The third kappa shape index (κ3) is 9.02. The van der Waals surface area contributed by atoms with Crippen LogP contribution < -0.4 is 4.74 Å². The van der Waals surface area contributed by atoms with Crippen molar-refractivity contribution in [2.45, 2.75) is 123 Å². The number of hydrogen-bond donors (Lipinski definition) is 0. The van der Waals surface area contributed by atoms with Crippen LogP contribution in [0.25, 0.3) is 5.57 Å². The van der Waals surface area contributed by atoms with E-state index in [1.807, 2.05) is 0 Å². The molecule has 2 aliphatic rings. The molecule has 0 aromatic heterocycles. The Hall–Kier alpha value is -0.986. The fourth-order valence-corrected chi connectivity index (χ4v) is 16.3. The SMILES string of the molecule is CCCC1CCC(C2CC=C(c3ccc(OCC[Si](C)(C)O[Si](C)(C)CC(C)CC)c(F)c3F)CC2)CC1. The molecule has 0 heterocycles. The lowest BCUT2D eigenvalue weighted by molar-refractivity contribution is 0.189. The van der Waals surface area contributed by atoms with Crippen LogP contribution in [0.15, 0.2) is 18.2 Å². The van der Waals surface area contributed by atoms with Gasteiger partial charge in [-0.25, -0.2) is 4.39 Å². The quantitative estimate of drug-likeness (QED) is 0.222. The third-order valence-corrected chi connectivity index (χ3v) is 16.7. The van der Waals surface area contributed by atoms with Crippen molar-refractivity contribution in [3.63, 3.8) is 0 Å². The zero-order valence-electron chi connectivity index (χ0n) is 25.3. The summed E-state index contributed by atoms with van der Waals surface area (Å²) in [5.74, 6) is 1.50. The summed E-state index contributed by atoms with van der Waals surface area (Å²) in [6.45, 7) is 16.2.